The molecule has 6 heteroatoms. The molecule has 0 aliphatic carbocycles. The van der Waals surface area contributed by atoms with Crippen LogP contribution in [0.2, 0.25) is 0 Å². The normalized spacial score (nSPS) is 13.8. The lowest BCUT2D eigenvalue weighted by Crippen LogP contribution is -2.05. The van der Waals surface area contributed by atoms with Crippen LogP contribution in [-0.4, -0.2) is 11.1 Å². The summed E-state index contributed by atoms with van der Waals surface area (Å²) in [4.78, 5) is 0.801. The minimum atomic E-state index is -4.30. The average Bonchev–Trinajstić information content (AvgIpc) is 2.20. The smallest absolute Gasteiger partial charge is 0.166 e. The molecule has 17 heavy (non-hydrogen) atoms. The molecule has 0 spiro atoms. The van der Waals surface area contributed by atoms with Crippen molar-refractivity contribution in [3.8, 4) is 0 Å². The average molecular weight is 348 g/mol. The van der Waals surface area contributed by atoms with Gasteiger partial charge in [-0.15, -0.1) is 23.4 Å². The highest BCUT2D eigenvalue weighted by Crippen LogP contribution is 2.37. The van der Waals surface area contributed by atoms with Crippen LogP contribution in [0.25, 0.3) is 0 Å². The van der Waals surface area contributed by atoms with Gasteiger partial charge in [0.05, 0.1) is 5.56 Å². The fourth-order valence-electron chi connectivity index (χ4n) is 1.20. The van der Waals surface area contributed by atoms with Crippen LogP contribution < -0.4 is 0 Å². The molecule has 96 valence electrons. The van der Waals surface area contributed by atoms with Crippen LogP contribution in [0.4, 0.5) is 13.2 Å². The van der Waals surface area contributed by atoms with Crippen LogP contribution in [0.1, 0.15) is 18.9 Å². The molecule has 0 bridgehead atoms. The molecular weight excluding hydrogens is 337 g/mol. The summed E-state index contributed by atoms with van der Waals surface area (Å²) in [5, 5.41) is 0.278. The maximum Gasteiger partial charge on any atom is 0.416 e. The Morgan fingerprint density at radius 3 is 2.53 bits per heavy atom. The third kappa shape index (κ3) is 4.72. The van der Waals surface area contributed by atoms with Crippen LogP contribution >= 0.6 is 39.3 Å². The van der Waals surface area contributed by atoms with Crippen LogP contribution in [0.15, 0.2) is 27.6 Å². The van der Waals surface area contributed by atoms with Crippen molar-refractivity contribution in [1.82, 2.24) is 0 Å². The first-order valence-electron chi connectivity index (χ1n) is 4.94. The summed E-state index contributed by atoms with van der Waals surface area (Å²) in [5.74, 6) is 0.548. The van der Waals surface area contributed by atoms with E-state index in [2.05, 4.69) is 15.9 Å². The molecule has 1 rings (SSSR count). The Morgan fingerprint density at radius 2 is 2.06 bits per heavy atom. The van der Waals surface area contributed by atoms with Crippen molar-refractivity contribution in [2.45, 2.75) is 29.7 Å². The van der Waals surface area contributed by atoms with Gasteiger partial charge < -0.3 is 0 Å². The quantitative estimate of drug-likeness (QED) is 0.506. The Bertz CT molecular complexity index is 381. The summed E-state index contributed by atoms with van der Waals surface area (Å²) in [5.41, 5.74) is -0.640. The first-order valence-corrected chi connectivity index (χ1v) is 7.14. The Morgan fingerprint density at radius 1 is 1.41 bits per heavy atom. The number of rotatable bonds is 4. The summed E-state index contributed by atoms with van der Waals surface area (Å²) >= 11 is 10.3. The van der Waals surface area contributed by atoms with Gasteiger partial charge in [0.1, 0.15) is 0 Å². The van der Waals surface area contributed by atoms with Gasteiger partial charge in [0.15, 0.2) is 0 Å². The van der Waals surface area contributed by atoms with Crippen LogP contribution in [0.3, 0.4) is 0 Å². The van der Waals surface area contributed by atoms with Gasteiger partial charge in [0.2, 0.25) is 0 Å². The lowest BCUT2D eigenvalue weighted by Gasteiger charge is -2.13. The Labute approximate surface area is 116 Å². The third-order valence-electron chi connectivity index (χ3n) is 2.10. The maximum absolute atomic E-state index is 12.4. The lowest BCUT2D eigenvalue weighted by molar-refractivity contribution is -0.137. The van der Waals surface area contributed by atoms with E-state index < -0.39 is 11.7 Å². The molecule has 1 unspecified atom stereocenters. The second kappa shape index (κ2) is 6.34. The molecule has 1 aromatic carbocycles. The van der Waals surface area contributed by atoms with E-state index in [1.807, 2.05) is 6.92 Å². The molecule has 1 aromatic rings. The minimum absolute atomic E-state index is 0.278. The molecule has 0 nitrogen and oxygen atoms in total. The Kier molecular flexibility index (Phi) is 5.67. The summed E-state index contributed by atoms with van der Waals surface area (Å²) in [6, 6.07) is 3.69. The van der Waals surface area contributed by atoms with Gasteiger partial charge in [-0.3, -0.25) is 0 Å². The minimum Gasteiger partial charge on any atom is -0.166 e. The van der Waals surface area contributed by atoms with Gasteiger partial charge in [-0.1, -0.05) is 6.92 Å². The highest BCUT2D eigenvalue weighted by Gasteiger charge is 2.30. The molecule has 0 amide bonds. The van der Waals surface area contributed by atoms with Crippen molar-refractivity contribution in [1.29, 1.82) is 0 Å². The number of hydrogen-bond acceptors (Lipinski definition) is 1. The zero-order chi connectivity index (χ0) is 13.1. The standard InChI is InChI=1S/C11H11BrClF3S/c1-7(4-5-13)17-10-3-2-8(6-9(10)12)11(14,15)16/h2-3,6-7H,4-5H2,1H3. The van der Waals surface area contributed by atoms with E-state index in [1.165, 1.54) is 17.8 Å². The number of alkyl halides is 4. The fraction of sp³-hybridized carbons (Fsp3) is 0.455. The summed E-state index contributed by atoms with van der Waals surface area (Å²) in [6.07, 6.45) is -3.48. The lowest BCUT2D eigenvalue weighted by atomic mass is 10.2. The molecule has 0 radical (unpaired) electrons. The van der Waals surface area contributed by atoms with Crippen molar-refractivity contribution >= 4 is 39.3 Å². The monoisotopic (exact) mass is 346 g/mol. The predicted molar refractivity (Wildman–Crippen MR) is 69.8 cm³/mol. The van der Waals surface area contributed by atoms with Crippen molar-refractivity contribution < 1.29 is 13.2 Å². The summed E-state index contributed by atoms with van der Waals surface area (Å²) in [6.45, 7) is 2.00. The second-order valence-corrected chi connectivity index (χ2v) is 6.26. The van der Waals surface area contributed by atoms with E-state index >= 15 is 0 Å². The van der Waals surface area contributed by atoms with Gasteiger partial charge in [0, 0.05) is 20.5 Å². The molecule has 0 aliphatic heterocycles. The van der Waals surface area contributed by atoms with Crippen molar-refractivity contribution in [3.05, 3.63) is 28.2 Å². The number of thioether (sulfide) groups is 1. The van der Waals surface area contributed by atoms with Gasteiger partial charge in [-0.25, -0.2) is 0 Å². The molecule has 0 N–H and O–H groups in total. The first kappa shape index (κ1) is 15.2. The van der Waals surface area contributed by atoms with E-state index in [-0.39, 0.29) is 5.25 Å². The van der Waals surface area contributed by atoms with E-state index in [0.717, 1.165) is 23.4 Å². The zero-order valence-corrected chi connectivity index (χ0v) is 12.2. The van der Waals surface area contributed by atoms with Crippen LogP contribution in [0.5, 0.6) is 0 Å². The molecule has 0 saturated heterocycles. The topological polar surface area (TPSA) is 0 Å². The molecular formula is C11H11BrClF3S. The third-order valence-corrected chi connectivity index (χ3v) is 4.49. The van der Waals surface area contributed by atoms with Crippen LogP contribution in [-0.2, 0) is 6.18 Å². The zero-order valence-electron chi connectivity index (χ0n) is 9.02. The largest absolute Gasteiger partial charge is 0.416 e. The van der Waals surface area contributed by atoms with Crippen LogP contribution in [0, 0.1) is 0 Å². The Balaban J connectivity index is 2.83. The number of halogens is 5. The highest BCUT2D eigenvalue weighted by molar-refractivity contribution is 9.10. The van der Waals surface area contributed by atoms with Gasteiger partial charge in [-0.05, 0) is 40.5 Å². The molecule has 0 fully saturated rings. The Hall–Kier alpha value is 0.130. The summed E-state index contributed by atoms with van der Waals surface area (Å²) in [7, 11) is 0. The van der Waals surface area contributed by atoms with Crippen molar-refractivity contribution in [2.75, 3.05) is 5.88 Å². The summed E-state index contributed by atoms with van der Waals surface area (Å²) < 4.78 is 37.8. The molecule has 0 heterocycles. The maximum atomic E-state index is 12.4. The fourth-order valence-corrected chi connectivity index (χ4v) is 3.31. The second-order valence-electron chi connectivity index (χ2n) is 3.55. The SMILES string of the molecule is CC(CCCl)Sc1ccc(C(F)(F)F)cc1Br. The first-order chi connectivity index (χ1) is 7.84. The van der Waals surface area contributed by atoms with E-state index in [4.69, 9.17) is 11.6 Å². The van der Waals surface area contributed by atoms with Crippen molar-refractivity contribution in [2.24, 2.45) is 0 Å². The van der Waals surface area contributed by atoms with Gasteiger partial charge in [0.25, 0.3) is 0 Å². The van der Waals surface area contributed by atoms with Gasteiger partial charge in [-0.2, -0.15) is 13.2 Å². The molecule has 0 aliphatic rings. The van der Waals surface area contributed by atoms with Gasteiger partial charge >= 0.3 is 6.18 Å². The molecule has 0 saturated carbocycles. The van der Waals surface area contributed by atoms with Crippen molar-refractivity contribution in [3.63, 3.8) is 0 Å². The molecule has 1 atom stereocenters. The molecule has 0 aromatic heterocycles. The predicted octanol–water partition coefficient (Wildman–Crippen LogP) is 5.58. The van der Waals surface area contributed by atoms with E-state index in [1.54, 1.807) is 0 Å². The number of benzene rings is 1. The van der Waals surface area contributed by atoms with E-state index in [0.29, 0.717) is 10.4 Å². The highest BCUT2D eigenvalue weighted by atomic mass is 79.9. The van der Waals surface area contributed by atoms with E-state index in [9.17, 15) is 13.2 Å². The number of hydrogen-bond donors (Lipinski definition) is 0.